The van der Waals surface area contributed by atoms with Crippen LogP contribution in [0.1, 0.15) is 17.3 Å². The highest BCUT2D eigenvalue weighted by Gasteiger charge is 2.21. The Balaban J connectivity index is 3.01. The van der Waals surface area contributed by atoms with E-state index in [1.165, 1.54) is 18.4 Å². The lowest BCUT2D eigenvalue weighted by Crippen LogP contribution is -2.27. The van der Waals surface area contributed by atoms with Crippen molar-refractivity contribution in [1.29, 1.82) is 0 Å². The molecule has 0 heterocycles. The Morgan fingerprint density at radius 2 is 2.14 bits per heavy atom. The number of hydrogen-bond donors (Lipinski definition) is 2. The standard InChI is InChI=1S/C12H16ClN3O4S/c1-3-14-11-9(13)6-8(7-10(11)16(18)19)12(17)15-4-5-21(2)20/h6-7,14H,3-5H2,1-2H3,(H,15,17). The molecule has 7 nitrogen and oxygen atoms in total. The van der Waals surface area contributed by atoms with Crippen LogP contribution in [0.2, 0.25) is 5.02 Å². The summed E-state index contributed by atoms with van der Waals surface area (Å²) in [5, 5.41) is 16.5. The largest absolute Gasteiger partial charge is 0.379 e. The van der Waals surface area contributed by atoms with E-state index in [9.17, 15) is 19.1 Å². The number of nitrogens with one attached hydrogen (secondary N) is 2. The molecule has 0 fully saturated rings. The van der Waals surface area contributed by atoms with Crippen molar-refractivity contribution < 1.29 is 13.9 Å². The molecule has 0 bridgehead atoms. The van der Waals surface area contributed by atoms with Gasteiger partial charge in [-0.15, -0.1) is 0 Å². The zero-order valence-electron chi connectivity index (χ0n) is 11.6. The molecule has 1 aromatic rings. The second-order valence-electron chi connectivity index (χ2n) is 4.17. The average Bonchev–Trinajstić information content (AvgIpc) is 2.40. The van der Waals surface area contributed by atoms with E-state index >= 15 is 0 Å². The van der Waals surface area contributed by atoms with Crippen molar-refractivity contribution in [2.45, 2.75) is 6.92 Å². The summed E-state index contributed by atoms with van der Waals surface area (Å²) in [4.78, 5) is 22.4. The fourth-order valence-corrected chi connectivity index (χ4v) is 2.30. The fraction of sp³-hybridized carbons (Fsp3) is 0.417. The Morgan fingerprint density at radius 1 is 1.48 bits per heavy atom. The van der Waals surface area contributed by atoms with Crippen molar-refractivity contribution in [2.24, 2.45) is 0 Å². The molecule has 0 spiro atoms. The van der Waals surface area contributed by atoms with Gasteiger partial charge in [0.15, 0.2) is 0 Å². The van der Waals surface area contributed by atoms with Crippen molar-refractivity contribution in [2.75, 3.05) is 30.4 Å². The molecule has 1 atom stereocenters. The third kappa shape index (κ3) is 4.98. The fourth-order valence-electron chi connectivity index (χ4n) is 1.63. The highest BCUT2D eigenvalue weighted by molar-refractivity contribution is 7.84. The summed E-state index contributed by atoms with van der Waals surface area (Å²) in [6.45, 7) is 2.47. The average molecular weight is 334 g/mol. The lowest BCUT2D eigenvalue weighted by molar-refractivity contribution is -0.384. The third-order valence-corrected chi connectivity index (χ3v) is 3.63. The second kappa shape index (κ2) is 7.94. The number of benzene rings is 1. The number of rotatable bonds is 7. The molecule has 0 saturated carbocycles. The first kappa shape index (κ1) is 17.4. The van der Waals surface area contributed by atoms with Crippen LogP contribution in [-0.2, 0) is 10.8 Å². The molecule has 0 saturated heterocycles. The van der Waals surface area contributed by atoms with Crippen molar-refractivity contribution >= 4 is 39.7 Å². The first-order chi connectivity index (χ1) is 9.86. The predicted octanol–water partition coefficient (Wildman–Crippen LogP) is 1.79. The van der Waals surface area contributed by atoms with Crippen LogP contribution in [0.4, 0.5) is 11.4 Å². The van der Waals surface area contributed by atoms with E-state index in [-0.39, 0.29) is 28.5 Å². The van der Waals surface area contributed by atoms with Gasteiger partial charge in [-0.3, -0.25) is 19.1 Å². The summed E-state index contributed by atoms with van der Waals surface area (Å²) in [5.74, 6) is -0.176. The van der Waals surface area contributed by atoms with E-state index < -0.39 is 21.6 Å². The van der Waals surface area contributed by atoms with Gasteiger partial charge in [-0.25, -0.2) is 0 Å². The molecule has 0 aliphatic rings. The monoisotopic (exact) mass is 333 g/mol. The van der Waals surface area contributed by atoms with Crippen LogP contribution in [0.5, 0.6) is 0 Å². The number of nitro groups is 1. The van der Waals surface area contributed by atoms with Gasteiger partial charge in [-0.2, -0.15) is 0 Å². The van der Waals surface area contributed by atoms with Gasteiger partial charge in [0.2, 0.25) is 0 Å². The third-order valence-electron chi connectivity index (χ3n) is 2.56. The van der Waals surface area contributed by atoms with Gasteiger partial charge >= 0.3 is 0 Å². The Bertz CT molecular complexity index is 580. The van der Waals surface area contributed by atoms with Gasteiger partial charge in [0.1, 0.15) is 5.69 Å². The number of anilines is 1. The number of hydrogen-bond acceptors (Lipinski definition) is 5. The van der Waals surface area contributed by atoms with Crippen molar-refractivity contribution in [1.82, 2.24) is 5.32 Å². The Hall–Kier alpha value is -1.67. The van der Waals surface area contributed by atoms with Crippen LogP contribution < -0.4 is 10.6 Å². The topological polar surface area (TPSA) is 101 Å². The Morgan fingerprint density at radius 3 is 2.67 bits per heavy atom. The zero-order valence-corrected chi connectivity index (χ0v) is 13.2. The summed E-state index contributed by atoms with van der Waals surface area (Å²) < 4.78 is 10.9. The first-order valence-corrected chi connectivity index (χ1v) is 8.27. The molecule has 0 radical (unpaired) electrons. The molecule has 0 aliphatic heterocycles. The molecule has 1 unspecified atom stereocenters. The summed E-state index contributed by atoms with van der Waals surface area (Å²) in [7, 11) is -1.02. The van der Waals surface area contributed by atoms with Crippen LogP contribution in [0, 0.1) is 10.1 Å². The van der Waals surface area contributed by atoms with Crippen LogP contribution in [0.3, 0.4) is 0 Å². The predicted molar refractivity (Wildman–Crippen MR) is 83.5 cm³/mol. The van der Waals surface area contributed by atoms with E-state index in [0.29, 0.717) is 12.3 Å². The molecular weight excluding hydrogens is 318 g/mol. The maximum absolute atomic E-state index is 11.9. The van der Waals surface area contributed by atoms with Gasteiger partial charge in [-0.1, -0.05) is 11.6 Å². The lowest BCUT2D eigenvalue weighted by atomic mass is 10.1. The molecule has 1 amide bonds. The minimum absolute atomic E-state index is 0.0928. The van der Waals surface area contributed by atoms with Crippen molar-refractivity contribution in [3.05, 3.63) is 32.8 Å². The molecule has 9 heteroatoms. The maximum atomic E-state index is 11.9. The Kier molecular flexibility index (Phi) is 6.57. The van der Waals surface area contributed by atoms with Crippen LogP contribution in [0.25, 0.3) is 0 Å². The molecule has 1 aromatic carbocycles. The smallest absolute Gasteiger partial charge is 0.294 e. The van der Waals surface area contributed by atoms with E-state index in [2.05, 4.69) is 10.6 Å². The first-order valence-electron chi connectivity index (χ1n) is 6.16. The highest BCUT2D eigenvalue weighted by atomic mass is 35.5. The summed E-state index contributed by atoms with van der Waals surface area (Å²) in [6, 6.07) is 2.53. The number of carbonyl (C=O) groups is 1. The lowest BCUT2D eigenvalue weighted by Gasteiger charge is -2.10. The molecular formula is C12H16ClN3O4S. The van der Waals surface area contributed by atoms with E-state index in [1.54, 1.807) is 6.92 Å². The molecule has 21 heavy (non-hydrogen) atoms. The maximum Gasteiger partial charge on any atom is 0.294 e. The summed E-state index contributed by atoms with van der Waals surface area (Å²) >= 11 is 5.99. The molecule has 0 aromatic heterocycles. The normalized spacial score (nSPS) is 11.8. The second-order valence-corrected chi connectivity index (χ2v) is 6.13. The summed E-state index contributed by atoms with van der Waals surface area (Å²) in [5.41, 5.74) is 0.0270. The zero-order chi connectivity index (χ0) is 16.0. The van der Waals surface area contributed by atoms with Crippen LogP contribution in [0.15, 0.2) is 12.1 Å². The quantitative estimate of drug-likeness (QED) is 0.585. The minimum Gasteiger partial charge on any atom is -0.379 e. The number of halogens is 1. The van der Waals surface area contributed by atoms with Crippen molar-refractivity contribution in [3.63, 3.8) is 0 Å². The molecule has 1 rings (SSSR count). The molecule has 116 valence electrons. The van der Waals surface area contributed by atoms with Gasteiger partial charge in [0, 0.05) is 47.5 Å². The van der Waals surface area contributed by atoms with Gasteiger partial charge < -0.3 is 10.6 Å². The van der Waals surface area contributed by atoms with E-state index in [1.807, 2.05) is 0 Å². The SMILES string of the molecule is CCNc1c(Cl)cc(C(=O)NCCS(C)=O)cc1[N+](=O)[O-]. The van der Waals surface area contributed by atoms with Crippen LogP contribution >= 0.6 is 11.6 Å². The van der Waals surface area contributed by atoms with Gasteiger partial charge in [-0.05, 0) is 13.0 Å². The van der Waals surface area contributed by atoms with Gasteiger partial charge in [0.05, 0.1) is 9.95 Å². The number of amides is 1. The highest BCUT2D eigenvalue weighted by Crippen LogP contribution is 2.33. The molecule has 0 aliphatic carbocycles. The van der Waals surface area contributed by atoms with Crippen LogP contribution in [-0.4, -0.2) is 40.1 Å². The number of nitrogens with zero attached hydrogens (tertiary/aromatic N) is 1. The van der Waals surface area contributed by atoms with E-state index in [0.717, 1.165) is 0 Å². The van der Waals surface area contributed by atoms with E-state index in [4.69, 9.17) is 11.6 Å². The minimum atomic E-state index is -1.02. The number of nitro benzene ring substituents is 1. The summed E-state index contributed by atoms with van der Waals surface area (Å²) in [6.07, 6.45) is 1.53. The molecule has 2 N–H and O–H groups in total. The Labute approximate surface area is 129 Å². The van der Waals surface area contributed by atoms with Gasteiger partial charge in [0.25, 0.3) is 11.6 Å². The van der Waals surface area contributed by atoms with Crippen molar-refractivity contribution in [3.8, 4) is 0 Å². The number of carbonyl (C=O) groups excluding carboxylic acids is 1.